The van der Waals surface area contributed by atoms with Gasteiger partial charge in [-0.25, -0.2) is 4.98 Å². The third kappa shape index (κ3) is 4.10. The predicted octanol–water partition coefficient (Wildman–Crippen LogP) is 2.80. The van der Waals surface area contributed by atoms with Crippen molar-refractivity contribution in [3.8, 4) is 0 Å². The van der Waals surface area contributed by atoms with Crippen LogP contribution in [0.15, 0.2) is 24.3 Å². The highest BCUT2D eigenvalue weighted by molar-refractivity contribution is 6.31. The average Bonchev–Trinajstić information content (AvgIpc) is 2.83. The predicted molar refractivity (Wildman–Crippen MR) is 106 cm³/mol. The summed E-state index contributed by atoms with van der Waals surface area (Å²) in [4.78, 5) is 10.8. The number of nitrogen functional groups attached to an aromatic ring is 1. The standard InChI is InChI=1S/C19H24ClN5O2/c1-12-7-18(24-19(21)22-12)25-5-2-6-26-11-17(25)15-4-3-13(8-16(15)20)23-14-9-27-10-14/h3-4,7-8,14,17,23H,2,5-6,9-11H2,1H3,(H2,21,22,24)/t17-/m1/s1. The number of nitrogens with one attached hydrogen (secondary N) is 1. The number of aryl methyl sites for hydroxylation is 1. The Hall–Kier alpha value is -2.09. The van der Waals surface area contributed by atoms with Gasteiger partial charge in [0, 0.05) is 35.6 Å². The number of rotatable bonds is 4. The van der Waals surface area contributed by atoms with E-state index in [2.05, 4.69) is 32.3 Å². The number of nitrogens with zero attached hydrogens (tertiary/aromatic N) is 3. The Morgan fingerprint density at radius 1 is 1.19 bits per heavy atom. The van der Waals surface area contributed by atoms with Crippen molar-refractivity contribution in [2.45, 2.75) is 25.4 Å². The number of hydrogen-bond acceptors (Lipinski definition) is 7. The Labute approximate surface area is 163 Å². The summed E-state index contributed by atoms with van der Waals surface area (Å²) in [7, 11) is 0. The maximum Gasteiger partial charge on any atom is 0.222 e. The van der Waals surface area contributed by atoms with Gasteiger partial charge in [-0.2, -0.15) is 4.98 Å². The monoisotopic (exact) mass is 389 g/mol. The molecular formula is C19H24ClN5O2. The zero-order valence-corrected chi connectivity index (χ0v) is 16.1. The summed E-state index contributed by atoms with van der Waals surface area (Å²) in [5.41, 5.74) is 8.74. The molecule has 0 bridgehead atoms. The molecule has 3 heterocycles. The van der Waals surface area contributed by atoms with E-state index in [1.807, 2.05) is 19.1 Å². The Morgan fingerprint density at radius 3 is 2.74 bits per heavy atom. The van der Waals surface area contributed by atoms with Gasteiger partial charge < -0.3 is 25.4 Å². The van der Waals surface area contributed by atoms with E-state index in [0.29, 0.717) is 24.3 Å². The van der Waals surface area contributed by atoms with E-state index in [9.17, 15) is 0 Å². The third-order valence-electron chi connectivity index (χ3n) is 4.86. The molecule has 2 aliphatic rings. The van der Waals surface area contributed by atoms with E-state index in [4.69, 9.17) is 26.8 Å². The van der Waals surface area contributed by atoms with E-state index in [0.717, 1.165) is 48.9 Å². The van der Waals surface area contributed by atoms with Crippen LogP contribution in [0.4, 0.5) is 17.5 Å². The lowest BCUT2D eigenvalue weighted by Gasteiger charge is -2.32. The first-order chi connectivity index (χ1) is 13.1. The van der Waals surface area contributed by atoms with Gasteiger partial charge in [0.15, 0.2) is 0 Å². The molecule has 3 N–H and O–H groups in total. The number of anilines is 3. The number of ether oxygens (including phenoxy) is 2. The highest BCUT2D eigenvalue weighted by Crippen LogP contribution is 2.34. The molecule has 0 unspecified atom stereocenters. The molecule has 144 valence electrons. The van der Waals surface area contributed by atoms with Crippen LogP contribution in [-0.2, 0) is 9.47 Å². The van der Waals surface area contributed by atoms with E-state index >= 15 is 0 Å². The number of hydrogen-bond donors (Lipinski definition) is 2. The van der Waals surface area contributed by atoms with Crippen molar-refractivity contribution in [2.24, 2.45) is 0 Å². The zero-order valence-electron chi connectivity index (χ0n) is 15.3. The van der Waals surface area contributed by atoms with Crippen LogP contribution in [0, 0.1) is 6.92 Å². The summed E-state index contributed by atoms with van der Waals surface area (Å²) >= 11 is 6.67. The van der Waals surface area contributed by atoms with Crippen LogP contribution in [0.5, 0.6) is 0 Å². The highest BCUT2D eigenvalue weighted by atomic mass is 35.5. The lowest BCUT2D eigenvalue weighted by Crippen LogP contribution is -2.40. The second-order valence-corrected chi connectivity index (χ2v) is 7.39. The van der Waals surface area contributed by atoms with E-state index in [-0.39, 0.29) is 12.0 Å². The lowest BCUT2D eigenvalue weighted by atomic mass is 10.0. The van der Waals surface area contributed by atoms with Crippen LogP contribution in [0.1, 0.15) is 23.7 Å². The summed E-state index contributed by atoms with van der Waals surface area (Å²) in [6.45, 7) is 5.46. The molecule has 27 heavy (non-hydrogen) atoms. The molecule has 0 spiro atoms. The molecule has 0 aliphatic carbocycles. The summed E-state index contributed by atoms with van der Waals surface area (Å²) in [5.74, 6) is 1.09. The number of aromatic nitrogens is 2. The van der Waals surface area contributed by atoms with Crippen LogP contribution in [-0.4, -0.2) is 49.0 Å². The molecule has 1 aromatic carbocycles. The van der Waals surface area contributed by atoms with E-state index in [1.165, 1.54) is 0 Å². The van der Waals surface area contributed by atoms with Gasteiger partial charge >= 0.3 is 0 Å². The first-order valence-electron chi connectivity index (χ1n) is 9.19. The molecular weight excluding hydrogens is 366 g/mol. The molecule has 8 heteroatoms. The Bertz CT molecular complexity index is 794. The van der Waals surface area contributed by atoms with Crippen LogP contribution >= 0.6 is 11.6 Å². The molecule has 2 aliphatic heterocycles. The Kier molecular flexibility index (Phi) is 5.33. The smallest absolute Gasteiger partial charge is 0.222 e. The topological polar surface area (TPSA) is 85.5 Å². The van der Waals surface area contributed by atoms with Crippen LogP contribution in [0.2, 0.25) is 5.02 Å². The minimum Gasteiger partial charge on any atom is -0.379 e. The molecule has 0 radical (unpaired) electrons. The average molecular weight is 390 g/mol. The fourth-order valence-electron chi connectivity index (χ4n) is 3.47. The molecule has 2 saturated heterocycles. The first kappa shape index (κ1) is 18.3. The molecule has 1 aromatic heterocycles. The zero-order chi connectivity index (χ0) is 18.8. The van der Waals surface area contributed by atoms with Crippen molar-refractivity contribution in [1.82, 2.24) is 9.97 Å². The van der Waals surface area contributed by atoms with Crippen molar-refractivity contribution in [2.75, 3.05) is 48.9 Å². The fraction of sp³-hybridized carbons (Fsp3) is 0.474. The van der Waals surface area contributed by atoms with Crippen molar-refractivity contribution < 1.29 is 9.47 Å². The molecule has 0 saturated carbocycles. The molecule has 2 fully saturated rings. The summed E-state index contributed by atoms with van der Waals surface area (Å²) in [6, 6.07) is 8.37. The largest absolute Gasteiger partial charge is 0.379 e. The van der Waals surface area contributed by atoms with E-state index in [1.54, 1.807) is 0 Å². The van der Waals surface area contributed by atoms with Crippen molar-refractivity contribution in [3.63, 3.8) is 0 Å². The van der Waals surface area contributed by atoms with Crippen LogP contribution in [0.25, 0.3) is 0 Å². The molecule has 7 nitrogen and oxygen atoms in total. The summed E-state index contributed by atoms with van der Waals surface area (Å²) < 4.78 is 11.1. The van der Waals surface area contributed by atoms with Crippen molar-refractivity contribution in [1.29, 1.82) is 0 Å². The van der Waals surface area contributed by atoms with Gasteiger partial charge in [0.1, 0.15) is 5.82 Å². The second kappa shape index (κ2) is 7.88. The van der Waals surface area contributed by atoms with Crippen molar-refractivity contribution in [3.05, 3.63) is 40.5 Å². The third-order valence-corrected chi connectivity index (χ3v) is 5.19. The van der Waals surface area contributed by atoms with Crippen LogP contribution < -0.4 is 16.0 Å². The Morgan fingerprint density at radius 2 is 2.04 bits per heavy atom. The first-order valence-corrected chi connectivity index (χ1v) is 9.57. The van der Waals surface area contributed by atoms with Gasteiger partial charge in [0.05, 0.1) is 31.9 Å². The van der Waals surface area contributed by atoms with Crippen LogP contribution in [0.3, 0.4) is 0 Å². The van der Waals surface area contributed by atoms with E-state index < -0.39 is 0 Å². The minimum absolute atomic E-state index is 0.0326. The second-order valence-electron chi connectivity index (χ2n) is 6.98. The van der Waals surface area contributed by atoms with Gasteiger partial charge in [-0.1, -0.05) is 17.7 Å². The van der Waals surface area contributed by atoms with Gasteiger partial charge in [-0.05, 0) is 31.0 Å². The molecule has 2 aromatic rings. The summed E-state index contributed by atoms with van der Waals surface area (Å²) in [5, 5.41) is 4.14. The maximum atomic E-state index is 6.67. The normalized spacial score (nSPS) is 20.8. The molecule has 1 atom stereocenters. The van der Waals surface area contributed by atoms with Gasteiger partial charge in [-0.15, -0.1) is 0 Å². The lowest BCUT2D eigenvalue weighted by molar-refractivity contribution is 0.0211. The van der Waals surface area contributed by atoms with Gasteiger partial charge in [-0.3, -0.25) is 0 Å². The Balaban J connectivity index is 1.63. The summed E-state index contributed by atoms with van der Waals surface area (Å²) in [6.07, 6.45) is 0.915. The fourth-order valence-corrected chi connectivity index (χ4v) is 3.78. The number of halogens is 1. The number of nitrogens with two attached hydrogens (primary N) is 1. The minimum atomic E-state index is -0.0326. The quantitative estimate of drug-likeness (QED) is 0.831. The van der Waals surface area contributed by atoms with Crippen molar-refractivity contribution >= 4 is 29.1 Å². The highest BCUT2D eigenvalue weighted by Gasteiger charge is 2.27. The SMILES string of the molecule is Cc1cc(N2CCCOC[C@@H]2c2ccc(NC3COC3)cc2Cl)nc(N)n1. The molecule has 4 rings (SSSR count). The number of benzene rings is 1. The maximum absolute atomic E-state index is 6.67. The van der Waals surface area contributed by atoms with Gasteiger partial charge in [0.2, 0.25) is 5.95 Å². The van der Waals surface area contributed by atoms with Gasteiger partial charge in [0.25, 0.3) is 0 Å². The molecule has 0 amide bonds.